The van der Waals surface area contributed by atoms with E-state index in [1.165, 1.54) is 30.3 Å². The Morgan fingerprint density at radius 1 is 1.06 bits per heavy atom. The lowest BCUT2D eigenvalue weighted by Crippen LogP contribution is -1.89. The molecular formula is C13H7ClF2O. The molecule has 0 aromatic heterocycles. The van der Waals surface area contributed by atoms with Gasteiger partial charge in [0.05, 0.1) is 5.56 Å². The summed E-state index contributed by atoms with van der Waals surface area (Å²) in [5, 5.41) is 0.342. The van der Waals surface area contributed by atoms with E-state index < -0.39 is 11.6 Å². The molecule has 0 atom stereocenters. The normalized spacial score (nSPS) is 10.3. The average molecular weight is 253 g/mol. The molecule has 0 spiro atoms. The standard InChI is InChI=1S/C13H7ClF2O/c14-12-3-2-10(15)6-11(12)8-1-4-13(16)9(5-8)7-17/h1-7H. The van der Waals surface area contributed by atoms with Gasteiger partial charge in [-0.3, -0.25) is 4.79 Å². The minimum Gasteiger partial charge on any atom is -0.298 e. The van der Waals surface area contributed by atoms with Crippen LogP contribution in [0.25, 0.3) is 11.1 Å². The number of aldehydes is 1. The van der Waals surface area contributed by atoms with E-state index in [2.05, 4.69) is 0 Å². The molecule has 0 heterocycles. The lowest BCUT2D eigenvalue weighted by atomic mass is 10.0. The highest BCUT2D eigenvalue weighted by Crippen LogP contribution is 2.29. The lowest BCUT2D eigenvalue weighted by Gasteiger charge is -2.06. The van der Waals surface area contributed by atoms with Gasteiger partial charge in [0.1, 0.15) is 11.6 Å². The minimum absolute atomic E-state index is 0.0807. The van der Waals surface area contributed by atoms with Gasteiger partial charge in [0.15, 0.2) is 6.29 Å². The zero-order chi connectivity index (χ0) is 12.4. The second-order valence-corrected chi connectivity index (χ2v) is 3.89. The number of carbonyl (C=O) groups is 1. The van der Waals surface area contributed by atoms with E-state index in [4.69, 9.17) is 11.6 Å². The number of carbonyl (C=O) groups excluding carboxylic acids is 1. The fourth-order valence-corrected chi connectivity index (χ4v) is 1.75. The molecule has 0 saturated heterocycles. The highest BCUT2D eigenvalue weighted by molar-refractivity contribution is 6.33. The average Bonchev–Trinajstić information content (AvgIpc) is 2.33. The molecular weight excluding hydrogens is 246 g/mol. The molecule has 17 heavy (non-hydrogen) atoms. The SMILES string of the molecule is O=Cc1cc(-c2cc(F)ccc2Cl)ccc1F. The van der Waals surface area contributed by atoms with Gasteiger partial charge in [0.2, 0.25) is 0 Å². The van der Waals surface area contributed by atoms with Crippen LogP contribution >= 0.6 is 11.6 Å². The molecule has 0 bridgehead atoms. The van der Waals surface area contributed by atoms with Crippen molar-refractivity contribution in [3.05, 3.63) is 58.6 Å². The summed E-state index contributed by atoms with van der Waals surface area (Å²) < 4.78 is 26.2. The van der Waals surface area contributed by atoms with E-state index >= 15 is 0 Å². The molecule has 2 rings (SSSR count). The van der Waals surface area contributed by atoms with Crippen molar-refractivity contribution < 1.29 is 13.6 Å². The molecule has 0 radical (unpaired) electrons. The molecule has 2 aromatic rings. The molecule has 0 fully saturated rings. The zero-order valence-corrected chi connectivity index (χ0v) is 9.34. The Morgan fingerprint density at radius 3 is 2.53 bits per heavy atom. The molecule has 0 unspecified atom stereocenters. The third kappa shape index (κ3) is 2.34. The van der Waals surface area contributed by atoms with Crippen molar-refractivity contribution in [2.75, 3.05) is 0 Å². The van der Waals surface area contributed by atoms with Crippen LogP contribution in [0.15, 0.2) is 36.4 Å². The van der Waals surface area contributed by atoms with E-state index in [-0.39, 0.29) is 5.56 Å². The first kappa shape index (κ1) is 11.7. The number of halogens is 3. The van der Waals surface area contributed by atoms with Crippen LogP contribution in [0.5, 0.6) is 0 Å². The zero-order valence-electron chi connectivity index (χ0n) is 8.58. The monoisotopic (exact) mass is 252 g/mol. The Bertz CT molecular complexity index is 582. The van der Waals surface area contributed by atoms with Gasteiger partial charge >= 0.3 is 0 Å². The van der Waals surface area contributed by atoms with Crippen LogP contribution in [-0.2, 0) is 0 Å². The molecule has 0 aliphatic heterocycles. The topological polar surface area (TPSA) is 17.1 Å². The second-order valence-electron chi connectivity index (χ2n) is 3.48. The molecule has 4 heteroatoms. The van der Waals surface area contributed by atoms with Gasteiger partial charge in [-0.05, 0) is 35.9 Å². The van der Waals surface area contributed by atoms with Crippen molar-refractivity contribution in [2.45, 2.75) is 0 Å². The van der Waals surface area contributed by atoms with Gasteiger partial charge in [-0.15, -0.1) is 0 Å². The molecule has 1 nitrogen and oxygen atoms in total. The predicted molar refractivity (Wildman–Crippen MR) is 62.2 cm³/mol. The van der Waals surface area contributed by atoms with Crippen LogP contribution in [0.4, 0.5) is 8.78 Å². The minimum atomic E-state index is -0.615. The molecule has 0 aliphatic rings. The molecule has 0 amide bonds. The van der Waals surface area contributed by atoms with Gasteiger partial charge < -0.3 is 0 Å². The number of benzene rings is 2. The maximum Gasteiger partial charge on any atom is 0.153 e. The summed E-state index contributed by atoms with van der Waals surface area (Å²) in [6, 6.07) is 7.82. The van der Waals surface area contributed by atoms with Crippen LogP contribution in [0.1, 0.15) is 10.4 Å². The summed E-state index contributed by atoms with van der Waals surface area (Å²) in [5.41, 5.74) is 0.843. The van der Waals surface area contributed by atoms with Crippen LogP contribution in [0.3, 0.4) is 0 Å². The van der Waals surface area contributed by atoms with Gasteiger partial charge in [0, 0.05) is 10.6 Å². The van der Waals surface area contributed by atoms with Gasteiger partial charge in [-0.1, -0.05) is 17.7 Å². The summed E-state index contributed by atoms with van der Waals surface area (Å²) in [6.07, 6.45) is 0.409. The molecule has 0 N–H and O–H groups in total. The molecule has 0 saturated carbocycles. The van der Waals surface area contributed by atoms with Crippen LogP contribution in [0, 0.1) is 11.6 Å². The Balaban J connectivity index is 2.60. The van der Waals surface area contributed by atoms with E-state index in [1.54, 1.807) is 0 Å². The van der Waals surface area contributed by atoms with Crippen LogP contribution in [-0.4, -0.2) is 6.29 Å². The maximum absolute atomic E-state index is 13.1. The van der Waals surface area contributed by atoms with Gasteiger partial charge in [0.25, 0.3) is 0 Å². The second kappa shape index (κ2) is 4.63. The smallest absolute Gasteiger partial charge is 0.153 e. The third-order valence-corrected chi connectivity index (χ3v) is 2.69. The number of rotatable bonds is 2. The fraction of sp³-hybridized carbons (Fsp3) is 0. The Hall–Kier alpha value is -1.74. The third-order valence-electron chi connectivity index (χ3n) is 2.36. The van der Waals surface area contributed by atoms with Crippen molar-refractivity contribution >= 4 is 17.9 Å². The first-order valence-corrected chi connectivity index (χ1v) is 5.20. The molecule has 86 valence electrons. The summed E-state index contributed by atoms with van der Waals surface area (Å²) in [4.78, 5) is 10.6. The summed E-state index contributed by atoms with van der Waals surface area (Å²) in [7, 11) is 0. The first-order chi connectivity index (χ1) is 8.11. The highest BCUT2D eigenvalue weighted by atomic mass is 35.5. The number of hydrogen-bond donors (Lipinski definition) is 0. The summed E-state index contributed by atoms with van der Waals surface area (Å²) >= 11 is 5.92. The Morgan fingerprint density at radius 2 is 1.82 bits per heavy atom. The maximum atomic E-state index is 13.1. The molecule has 2 aromatic carbocycles. The predicted octanol–water partition coefficient (Wildman–Crippen LogP) is 4.10. The first-order valence-electron chi connectivity index (χ1n) is 4.82. The lowest BCUT2D eigenvalue weighted by molar-refractivity contribution is 0.112. The van der Waals surface area contributed by atoms with E-state index in [0.717, 1.165) is 6.07 Å². The Kier molecular flexibility index (Phi) is 3.20. The van der Waals surface area contributed by atoms with Crippen LogP contribution in [0.2, 0.25) is 5.02 Å². The summed E-state index contributed by atoms with van der Waals surface area (Å²) in [5.74, 6) is -1.06. The Labute approximate surface area is 102 Å². The van der Waals surface area contributed by atoms with Gasteiger partial charge in [-0.2, -0.15) is 0 Å². The fourth-order valence-electron chi connectivity index (χ4n) is 1.52. The van der Waals surface area contributed by atoms with E-state index in [0.29, 0.717) is 22.4 Å². The molecule has 0 aliphatic carbocycles. The van der Waals surface area contributed by atoms with Crippen LogP contribution < -0.4 is 0 Å². The quantitative estimate of drug-likeness (QED) is 0.736. The number of hydrogen-bond acceptors (Lipinski definition) is 1. The summed E-state index contributed by atoms with van der Waals surface area (Å²) in [6.45, 7) is 0. The van der Waals surface area contributed by atoms with Crippen molar-refractivity contribution in [2.24, 2.45) is 0 Å². The van der Waals surface area contributed by atoms with E-state index in [9.17, 15) is 13.6 Å². The van der Waals surface area contributed by atoms with Crippen molar-refractivity contribution in [1.82, 2.24) is 0 Å². The van der Waals surface area contributed by atoms with Gasteiger partial charge in [-0.25, -0.2) is 8.78 Å². The van der Waals surface area contributed by atoms with Crippen molar-refractivity contribution in [3.63, 3.8) is 0 Å². The van der Waals surface area contributed by atoms with E-state index in [1.807, 2.05) is 0 Å². The van der Waals surface area contributed by atoms with Crippen molar-refractivity contribution in [1.29, 1.82) is 0 Å². The highest BCUT2D eigenvalue weighted by Gasteiger charge is 2.08. The van der Waals surface area contributed by atoms with Crippen molar-refractivity contribution in [3.8, 4) is 11.1 Å². The largest absolute Gasteiger partial charge is 0.298 e.